The van der Waals surface area contributed by atoms with Crippen molar-refractivity contribution in [3.05, 3.63) is 0 Å². The highest BCUT2D eigenvalue weighted by atomic mass is 32.2. The van der Waals surface area contributed by atoms with Gasteiger partial charge in [-0.05, 0) is 6.92 Å². The fourth-order valence-corrected chi connectivity index (χ4v) is 1.87. The highest BCUT2D eigenvalue weighted by molar-refractivity contribution is 7.92. The molecule has 0 spiro atoms. The van der Waals surface area contributed by atoms with Gasteiger partial charge < -0.3 is 21.5 Å². The van der Waals surface area contributed by atoms with E-state index in [2.05, 4.69) is 10.6 Å². The molecule has 10 heteroatoms. The molecular weight excluding hydrogens is 278 g/mol. The van der Waals surface area contributed by atoms with Crippen LogP contribution in [0.4, 0.5) is 0 Å². The summed E-state index contributed by atoms with van der Waals surface area (Å²) in [5, 5.41) is 11.3. The number of hydrogen-bond acceptors (Lipinski definition) is 6. The predicted octanol–water partition coefficient (Wildman–Crippen LogP) is -2.59. The van der Waals surface area contributed by atoms with Crippen LogP contribution in [0.25, 0.3) is 0 Å². The van der Waals surface area contributed by atoms with Gasteiger partial charge >= 0.3 is 5.97 Å². The van der Waals surface area contributed by atoms with Crippen molar-refractivity contribution in [2.75, 3.05) is 12.9 Å². The van der Waals surface area contributed by atoms with Gasteiger partial charge in [0.15, 0.2) is 15.1 Å². The quantitative estimate of drug-likeness (QED) is 0.375. The number of carbonyl (C=O) groups excluding carboxylic acids is 2. The Morgan fingerprint density at radius 1 is 1.26 bits per heavy atom. The van der Waals surface area contributed by atoms with Gasteiger partial charge in [0.2, 0.25) is 11.8 Å². The molecule has 0 aliphatic carbocycles. The summed E-state index contributed by atoms with van der Waals surface area (Å²) in [7, 11) is -3.88. The number of nitrogens with two attached hydrogens (primary N) is 1. The van der Waals surface area contributed by atoms with E-state index < -0.39 is 45.3 Å². The van der Waals surface area contributed by atoms with E-state index in [1.165, 1.54) is 6.92 Å². The summed E-state index contributed by atoms with van der Waals surface area (Å²) < 4.78 is 22.3. The first-order chi connectivity index (χ1) is 8.55. The SMILES string of the molecule is C[C@H](N)C(=O)NCNC(=O)CC(C(=O)O)S(C)(=O)=O. The fourth-order valence-electron chi connectivity index (χ4n) is 1.05. The van der Waals surface area contributed by atoms with Gasteiger partial charge in [-0.25, -0.2) is 8.42 Å². The predicted molar refractivity (Wildman–Crippen MR) is 65.7 cm³/mol. The Morgan fingerprint density at radius 3 is 2.16 bits per heavy atom. The molecule has 0 aliphatic heterocycles. The summed E-state index contributed by atoms with van der Waals surface area (Å²) >= 11 is 0. The summed E-state index contributed by atoms with van der Waals surface area (Å²) in [5.74, 6) is -2.90. The molecule has 0 aromatic heterocycles. The van der Waals surface area contributed by atoms with E-state index in [0.717, 1.165) is 6.26 Å². The number of amides is 2. The molecule has 0 fully saturated rings. The monoisotopic (exact) mass is 295 g/mol. The molecule has 2 amide bonds. The van der Waals surface area contributed by atoms with Crippen LogP contribution in [0.3, 0.4) is 0 Å². The van der Waals surface area contributed by atoms with Gasteiger partial charge in [-0.15, -0.1) is 0 Å². The lowest BCUT2D eigenvalue weighted by Gasteiger charge is -2.12. The molecule has 0 radical (unpaired) electrons. The molecule has 0 rings (SSSR count). The maximum absolute atomic E-state index is 11.3. The van der Waals surface area contributed by atoms with Crippen LogP contribution in [0.15, 0.2) is 0 Å². The first-order valence-electron chi connectivity index (χ1n) is 5.27. The summed E-state index contributed by atoms with van der Waals surface area (Å²) in [5.41, 5.74) is 5.25. The Kier molecular flexibility index (Phi) is 6.42. The smallest absolute Gasteiger partial charge is 0.322 e. The molecule has 5 N–H and O–H groups in total. The van der Waals surface area contributed by atoms with Gasteiger partial charge in [-0.3, -0.25) is 14.4 Å². The minimum atomic E-state index is -3.88. The van der Waals surface area contributed by atoms with Gasteiger partial charge in [-0.1, -0.05) is 0 Å². The molecular formula is C9H17N3O6S. The van der Waals surface area contributed by atoms with Crippen LogP contribution in [0, 0.1) is 0 Å². The van der Waals surface area contributed by atoms with Crippen molar-refractivity contribution >= 4 is 27.6 Å². The molecule has 0 aromatic carbocycles. The third-order valence-corrected chi connectivity index (χ3v) is 3.53. The lowest BCUT2D eigenvalue weighted by Crippen LogP contribution is -2.45. The van der Waals surface area contributed by atoms with Gasteiger partial charge in [0.1, 0.15) is 0 Å². The Balaban J connectivity index is 4.31. The molecule has 2 atom stereocenters. The van der Waals surface area contributed by atoms with Crippen LogP contribution < -0.4 is 16.4 Å². The van der Waals surface area contributed by atoms with Crippen LogP contribution in [-0.2, 0) is 24.2 Å². The maximum Gasteiger partial charge on any atom is 0.322 e. The zero-order valence-electron chi connectivity index (χ0n) is 10.5. The zero-order valence-corrected chi connectivity index (χ0v) is 11.4. The van der Waals surface area contributed by atoms with Crippen molar-refractivity contribution in [3.8, 4) is 0 Å². The van der Waals surface area contributed by atoms with Crippen molar-refractivity contribution in [1.29, 1.82) is 0 Å². The van der Waals surface area contributed by atoms with E-state index in [1.54, 1.807) is 0 Å². The van der Waals surface area contributed by atoms with E-state index in [-0.39, 0.29) is 6.67 Å². The topological polar surface area (TPSA) is 156 Å². The van der Waals surface area contributed by atoms with Crippen LogP contribution in [0.2, 0.25) is 0 Å². The Hall–Kier alpha value is -1.68. The minimum Gasteiger partial charge on any atom is -0.480 e. The molecule has 19 heavy (non-hydrogen) atoms. The minimum absolute atomic E-state index is 0.255. The van der Waals surface area contributed by atoms with E-state index in [4.69, 9.17) is 10.8 Å². The summed E-state index contributed by atoms with van der Waals surface area (Å²) in [4.78, 5) is 33.1. The zero-order chi connectivity index (χ0) is 15.2. The van der Waals surface area contributed by atoms with Crippen LogP contribution >= 0.6 is 0 Å². The highest BCUT2D eigenvalue weighted by Crippen LogP contribution is 2.04. The van der Waals surface area contributed by atoms with Gasteiger partial charge in [0.05, 0.1) is 19.1 Å². The van der Waals surface area contributed by atoms with Crippen LogP contribution in [-0.4, -0.2) is 55.5 Å². The Labute approximate surface area is 110 Å². The third kappa shape index (κ3) is 6.72. The molecule has 0 bridgehead atoms. The lowest BCUT2D eigenvalue weighted by atomic mass is 10.3. The van der Waals surface area contributed by atoms with Crippen LogP contribution in [0.1, 0.15) is 13.3 Å². The number of rotatable bonds is 7. The molecule has 9 nitrogen and oxygen atoms in total. The van der Waals surface area contributed by atoms with Gasteiger partial charge in [-0.2, -0.15) is 0 Å². The lowest BCUT2D eigenvalue weighted by molar-refractivity contribution is -0.138. The Bertz CT molecular complexity index is 459. The fraction of sp³-hybridized carbons (Fsp3) is 0.667. The number of hydrogen-bond donors (Lipinski definition) is 4. The third-order valence-electron chi connectivity index (χ3n) is 2.12. The van der Waals surface area contributed by atoms with Crippen molar-refractivity contribution < 1.29 is 27.9 Å². The van der Waals surface area contributed by atoms with E-state index in [9.17, 15) is 22.8 Å². The van der Waals surface area contributed by atoms with Crippen molar-refractivity contribution in [2.24, 2.45) is 5.73 Å². The number of carboxylic acids is 1. The molecule has 110 valence electrons. The second-order valence-electron chi connectivity index (χ2n) is 3.97. The summed E-state index contributed by atoms with van der Waals surface area (Å²) in [6.45, 7) is 1.19. The standard InChI is InChI=1S/C9H17N3O6S/c1-5(10)8(14)12-4-11-7(13)3-6(9(15)16)19(2,17)18/h5-6H,3-4,10H2,1-2H3,(H,11,13)(H,12,14)(H,15,16)/t5-,6?/m0/s1. The van der Waals surface area contributed by atoms with Crippen LogP contribution in [0.5, 0.6) is 0 Å². The average molecular weight is 295 g/mol. The number of sulfone groups is 1. The molecule has 1 unspecified atom stereocenters. The van der Waals surface area contributed by atoms with Crippen molar-refractivity contribution in [1.82, 2.24) is 10.6 Å². The summed E-state index contributed by atoms with van der Waals surface area (Å²) in [6.07, 6.45) is 0.0131. The first-order valence-corrected chi connectivity index (χ1v) is 7.22. The number of carboxylic acid groups (broad SMARTS) is 1. The molecule has 0 aliphatic rings. The van der Waals surface area contributed by atoms with E-state index >= 15 is 0 Å². The average Bonchev–Trinajstić information content (AvgIpc) is 2.23. The van der Waals surface area contributed by atoms with Crippen molar-refractivity contribution in [2.45, 2.75) is 24.6 Å². The molecule has 0 saturated heterocycles. The van der Waals surface area contributed by atoms with Crippen molar-refractivity contribution in [3.63, 3.8) is 0 Å². The second-order valence-corrected chi connectivity index (χ2v) is 6.20. The number of carbonyl (C=O) groups is 3. The number of nitrogens with one attached hydrogen (secondary N) is 2. The second kappa shape index (κ2) is 7.04. The largest absolute Gasteiger partial charge is 0.480 e. The molecule has 0 heterocycles. The molecule has 0 aromatic rings. The maximum atomic E-state index is 11.3. The molecule has 0 saturated carbocycles. The normalized spacial score (nSPS) is 14.3. The van der Waals surface area contributed by atoms with E-state index in [1.807, 2.05) is 0 Å². The van der Waals surface area contributed by atoms with Gasteiger partial charge in [0, 0.05) is 6.26 Å². The first kappa shape index (κ1) is 17.3. The number of aliphatic carboxylic acids is 1. The Morgan fingerprint density at radius 2 is 1.79 bits per heavy atom. The highest BCUT2D eigenvalue weighted by Gasteiger charge is 2.30. The van der Waals surface area contributed by atoms with Gasteiger partial charge in [0.25, 0.3) is 0 Å². The summed E-state index contributed by atoms with van der Waals surface area (Å²) in [6, 6.07) is -0.750. The van der Waals surface area contributed by atoms with E-state index in [0.29, 0.717) is 0 Å².